The van der Waals surface area contributed by atoms with E-state index in [1.807, 2.05) is 24.3 Å². The number of carbonyl (C=O) groups excluding carboxylic acids is 1. The van der Waals surface area contributed by atoms with Crippen molar-refractivity contribution in [1.82, 2.24) is 14.5 Å². The van der Waals surface area contributed by atoms with Gasteiger partial charge in [-0.25, -0.2) is 4.98 Å². The number of amides is 1. The standard InChI is InChI=1S/C17H19N3O3/c1-19-11-18-15-10-20(7-6-14(15)17(19)22)16(21)9-12-4-3-5-13(8-12)23-2/h3-5,8,11H,6-7,9-10H2,1-2H3. The number of aryl methyl sites for hydroxylation is 1. The summed E-state index contributed by atoms with van der Waals surface area (Å²) >= 11 is 0. The van der Waals surface area contributed by atoms with E-state index < -0.39 is 0 Å². The number of hydrogen-bond acceptors (Lipinski definition) is 4. The summed E-state index contributed by atoms with van der Waals surface area (Å²) in [5.74, 6) is 0.774. The number of benzene rings is 1. The molecular formula is C17H19N3O3. The molecule has 1 aromatic carbocycles. The first-order chi connectivity index (χ1) is 11.1. The lowest BCUT2D eigenvalue weighted by molar-refractivity contribution is -0.131. The molecule has 1 aromatic heterocycles. The van der Waals surface area contributed by atoms with Crippen LogP contribution < -0.4 is 10.3 Å². The Morgan fingerprint density at radius 2 is 2.22 bits per heavy atom. The second kappa shape index (κ2) is 6.24. The molecule has 23 heavy (non-hydrogen) atoms. The van der Waals surface area contributed by atoms with Gasteiger partial charge in [-0.15, -0.1) is 0 Å². The maximum atomic E-state index is 12.5. The van der Waals surface area contributed by atoms with Gasteiger partial charge in [0.2, 0.25) is 5.91 Å². The molecule has 120 valence electrons. The molecule has 0 unspecified atom stereocenters. The number of rotatable bonds is 3. The average Bonchev–Trinajstić information content (AvgIpc) is 2.58. The van der Waals surface area contributed by atoms with Crippen LogP contribution in [-0.4, -0.2) is 34.0 Å². The Morgan fingerprint density at radius 1 is 1.39 bits per heavy atom. The molecule has 0 spiro atoms. The molecule has 0 N–H and O–H groups in total. The van der Waals surface area contributed by atoms with Gasteiger partial charge in [0.25, 0.3) is 5.56 Å². The van der Waals surface area contributed by atoms with Gasteiger partial charge >= 0.3 is 0 Å². The van der Waals surface area contributed by atoms with Crippen LogP contribution in [0, 0.1) is 0 Å². The predicted molar refractivity (Wildman–Crippen MR) is 85.3 cm³/mol. The zero-order valence-corrected chi connectivity index (χ0v) is 13.3. The summed E-state index contributed by atoms with van der Waals surface area (Å²) in [4.78, 5) is 30.6. The van der Waals surface area contributed by atoms with Crippen LogP contribution in [-0.2, 0) is 31.2 Å². The van der Waals surface area contributed by atoms with Crippen LogP contribution in [0.15, 0.2) is 35.4 Å². The van der Waals surface area contributed by atoms with Gasteiger partial charge in [-0.1, -0.05) is 12.1 Å². The lowest BCUT2D eigenvalue weighted by Crippen LogP contribution is -2.40. The van der Waals surface area contributed by atoms with Crippen molar-refractivity contribution >= 4 is 5.91 Å². The summed E-state index contributed by atoms with van der Waals surface area (Å²) in [7, 11) is 3.30. The first-order valence-electron chi connectivity index (χ1n) is 7.52. The molecule has 0 bridgehead atoms. The predicted octanol–water partition coefficient (Wildman–Crippen LogP) is 0.916. The molecule has 0 atom stereocenters. The fourth-order valence-corrected chi connectivity index (χ4v) is 2.80. The second-order valence-electron chi connectivity index (χ2n) is 5.68. The lowest BCUT2D eigenvalue weighted by atomic mass is 10.0. The van der Waals surface area contributed by atoms with Gasteiger partial charge < -0.3 is 14.2 Å². The second-order valence-corrected chi connectivity index (χ2v) is 5.68. The summed E-state index contributed by atoms with van der Waals surface area (Å²) in [5.41, 5.74) is 2.32. The Morgan fingerprint density at radius 3 is 3.00 bits per heavy atom. The highest BCUT2D eigenvalue weighted by Crippen LogP contribution is 2.17. The molecule has 0 saturated carbocycles. The van der Waals surface area contributed by atoms with Crippen molar-refractivity contribution in [2.75, 3.05) is 13.7 Å². The van der Waals surface area contributed by atoms with Crippen molar-refractivity contribution in [2.45, 2.75) is 19.4 Å². The highest BCUT2D eigenvalue weighted by molar-refractivity contribution is 5.79. The minimum Gasteiger partial charge on any atom is -0.497 e. The highest BCUT2D eigenvalue weighted by Gasteiger charge is 2.24. The molecule has 0 radical (unpaired) electrons. The molecule has 0 fully saturated rings. The quantitative estimate of drug-likeness (QED) is 0.845. The molecular weight excluding hydrogens is 294 g/mol. The van der Waals surface area contributed by atoms with Crippen LogP contribution in [0.4, 0.5) is 0 Å². The fourth-order valence-electron chi connectivity index (χ4n) is 2.80. The van der Waals surface area contributed by atoms with Gasteiger partial charge in [0.05, 0.1) is 32.1 Å². The summed E-state index contributed by atoms with van der Waals surface area (Å²) in [5, 5.41) is 0. The van der Waals surface area contributed by atoms with Gasteiger partial charge in [-0.3, -0.25) is 9.59 Å². The van der Waals surface area contributed by atoms with E-state index in [9.17, 15) is 9.59 Å². The number of carbonyl (C=O) groups is 1. The van der Waals surface area contributed by atoms with E-state index in [1.165, 1.54) is 10.9 Å². The van der Waals surface area contributed by atoms with Gasteiger partial charge in [-0.05, 0) is 24.1 Å². The normalized spacial score (nSPS) is 13.6. The minimum atomic E-state index is -0.0186. The van der Waals surface area contributed by atoms with Crippen molar-refractivity contribution in [3.8, 4) is 5.75 Å². The Bertz CT molecular complexity index is 798. The molecule has 6 heteroatoms. The third-order valence-corrected chi connectivity index (χ3v) is 4.13. The molecule has 1 aliphatic rings. The van der Waals surface area contributed by atoms with Gasteiger partial charge in [0.1, 0.15) is 5.75 Å². The van der Waals surface area contributed by atoms with E-state index in [4.69, 9.17) is 4.74 Å². The van der Waals surface area contributed by atoms with Gasteiger partial charge in [0, 0.05) is 19.2 Å². The van der Waals surface area contributed by atoms with Crippen molar-refractivity contribution < 1.29 is 9.53 Å². The smallest absolute Gasteiger partial charge is 0.256 e. The number of fused-ring (bicyclic) bond motifs is 1. The molecule has 0 aliphatic carbocycles. The fraction of sp³-hybridized carbons (Fsp3) is 0.353. The highest BCUT2D eigenvalue weighted by atomic mass is 16.5. The number of nitrogens with zero attached hydrogens (tertiary/aromatic N) is 3. The van der Waals surface area contributed by atoms with Crippen LogP contribution in [0.1, 0.15) is 16.8 Å². The number of hydrogen-bond donors (Lipinski definition) is 0. The van der Waals surface area contributed by atoms with Crippen LogP contribution in [0.2, 0.25) is 0 Å². The molecule has 6 nitrogen and oxygen atoms in total. The van der Waals surface area contributed by atoms with Crippen LogP contribution in [0.3, 0.4) is 0 Å². The molecule has 0 saturated heterocycles. The van der Waals surface area contributed by atoms with E-state index in [0.29, 0.717) is 31.6 Å². The molecule has 3 rings (SSSR count). The summed E-state index contributed by atoms with van der Waals surface area (Å²) in [6, 6.07) is 7.50. The number of aromatic nitrogens is 2. The van der Waals surface area contributed by atoms with Crippen molar-refractivity contribution in [1.29, 1.82) is 0 Å². The van der Waals surface area contributed by atoms with Crippen molar-refractivity contribution in [3.05, 3.63) is 57.8 Å². The Balaban J connectivity index is 1.74. The summed E-state index contributed by atoms with van der Waals surface area (Å²) in [6.45, 7) is 0.949. The Labute approximate surface area is 134 Å². The van der Waals surface area contributed by atoms with E-state index in [2.05, 4.69) is 4.98 Å². The third-order valence-electron chi connectivity index (χ3n) is 4.13. The van der Waals surface area contributed by atoms with Gasteiger partial charge in [-0.2, -0.15) is 0 Å². The van der Waals surface area contributed by atoms with Gasteiger partial charge in [0.15, 0.2) is 0 Å². The topological polar surface area (TPSA) is 64.4 Å². The van der Waals surface area contributed by atoms with Crippen LogP contribution in [0.5, 0.6) is 5.75 Å². The van der Waals surface area contributed by atoms with Crippen LogP contribution in [0.25, 0.3) is 0 Å². The first-order valence-corrected chi connectivity index (χ1v) is 7.52. The summed E-state index contributed by atoms with van der Waals surface area (Å²) < 4.78 is 6.66. The zero-order chi connectivity index (χ0) is 16.4. The average molecular weight is 313 g/mol. The monoisotopic (exact) mass is 313 g/mol. The molecule has 2 aromatic rings. The van der Waals surface area contributed by atoms with E-state index in [0.717, 1.165) is 16.9 Å². The maximum Gasteiger partial charge on any atom is 0.256 e. The van der Waals surface area contributed by atoms with Crippen LogP contribution >= 0.6 is 0 Å². The third kappa shape index (κ3) is 3.11. The Hall–Kier alpha value is -2.63. The molecule has 1 aliphatic heterocycles. The van der Waals surface area contributed by atoms with E-state index in [-0.39, 0.29) is 11.5 Å². The number of ether oxygens (including phenoxy) is 1. The van der Waals surface area contributed by atoms with E-state index >= 15 is 0 Å². The molecule has 2 heterocycles. The minimum absolute atomic E-state index is 0.0186. The molecule has 1 amide bonds. The Kier molecular flexibility index (Phi) is 4.14. The van der Waals surface area contributed by atoms with Crippen molar-refractivity contribution in [2.24, 2.45) is 7.05 Å². The summed E-state index contributed by atoms with van der Waals surface area (Å²) in [6.07, 6.45) is 2.38. The number of methoxy groups -OCH3 is 1. The first kappa shape index (κ1) is 15.3. The van der Waals surface area contributed by atoms with Crippen molar-refractivity contribution in [3.63, 3.8) is 0 Å². The largest absolute Gasteiger partial charge is 0.497 e. The SMILES string of the molecule is COc1cccc(CC(=O)N2CCc3c(ncn(C)c3=O)C2)c1. The lowest BCUT2D eigenvalue weighted by Gasteiger charge is -2.28. The zero-order valence-electron chi connectivity index (χ0n) is 13.3. The van der Waals surface area contributed by atoms with E-state index in [1.54, 1.807) is 19.1 Å². The maximum absolute atomic E-state index is 12.5.